The molecule has 2 fully saturated rings. The Balaban J connectivity index is 1.48. The van der Waals surface area contributed by atoms with Gasteiger partial charge >= 0.3 is 0 Å². The molecule has 1 unspecified atom stereocenters. The van der Waals surface area contributed by atoms with Crippen molar-refractivity contribution in [2.75, 3.05) is 13.1 Å². The predicted molar refractivity (Wildman–Crippen MR) is 110 cm³/mol. The lowest BCUT2D eigenvalue weighted by Gasteiger charge is -2.60. The molecule has 2 aromatic carbocycles. The molecule has 4 nitrogen and oxygen atoms in total. The molecular formula is C24H27FN2O2. The summed E-state index contributed by atoms with van der Waals surface area (Å²) in [6.07, 6.45) is 1.53. The molecule has 152 valence electrons. The van der Waals surface area contributed by atoms with Crippen LogP contribution in [0.25, 0.3) is 0 Å². The highest BCUT2D eigenvalue weighted by Gasteiger charge is 2.62. The molecule has 2 saturated heterocycles. The van der Waals surface area contributed by atoms with Crippen LogP contribution < -0.4 is 0 Å². The van der Waals surface area contributed by atoms with Gasteiger partial charge in [-0.3, -0.25) is 9.59 Å². The van der Waals surface area contributed by atoms with E-state index in [2.05, 4.69) is 26.0 Å². The lowest BCUT2D eigenvalue weighted by molar-refractivity contribution is -0.186. The second-order valence-corrected chi connectivity index (χ2v) is 8.46. The van der Waals surface area contributed by atoms with Crippen LogP contribution in [0.3, 0.4) is 0 Å². The van der Waals surface area contributed by atoms with E-state index in [1.54, 1.807) is 12.1 Å². The van der Waals surface area contributed by atoms with Crippen LogP contribution in [0.1, 0.15) is 43.9 Å². The maximum atomic E-state index is 13.4. The average molecular weight is 394 g/mol. The van der Waals surface area contributed by atoms with Gasteiger partial charge in [-0.25, -0.2) is 4.39 Å². The van der Waals surface area contributed by atoms with Crippen LogP contribution in [0, 0.1) is 11.2 Å². The molecule has 4 rings (SSSR count). The first-order valence-corrected chi connectivity index (χ1v) is 10.3. The fourth-order valence-corrected chi connectivity index (χ4v) is 4.91. The molecule has 0 N–H and O–H groups in total. The zero-order valence-corrected chi connectivity index (χ0v) is 17.0. The Bertz CT molecular complexity index is 904. The van der Waals surface area contributed by atoms with Crippen molar-refractivity contribution >= 4 is 11.8 Å². The van der Waals surface area contributed by atoms with Crippen molar-refractivity contribution in [2.24, 2.45) is 5.41 Å². The van der Waals surface area contributed by atoms with Crippen molar-refractivity contribution in [1.29, 1.82) is 0 Å². The van der Waals surface area contributed by atoms with E-state index in [1.165, 1.54) is 17.7 Å². The zero-order valence-electron chi connectivity index (χ0n) is 17.0. The summed E-state index contributed by atoms with van der Waals surface area (Å²) >= 11 is 0. The van der Waals surface area contributed by atoms with Crippen molar-refractivity contribution in [3.63, 3.8) is 0 Å². The average Bonchev–Trinajstić information content (AvgIpc) is 2.72. The smallest absolute Gasteiger partial charge is 0.232 e. The van der Waals surface area contributed by atoms with Gasteiger partial charge in [0.25, 0.3) is 0 Å². The van der Waals surface area contributed by atoms with Crippen molar-refractivity contribution in [1.82, 2.24) is 9.80 Å². The fourth-order valence-electron chi connectivity index (χ4n) is 4.91. The number of benzene rings is 2. The van der Waals surface area contributed by atoms with Crippen LogP contribution in [0.5, 0.6) is 0 Å². The zero-order chi connectivity index (χ0) is 20.6. The Morgan fingerprint density at radius 1 is 1.10 bits per heavy atom. The number of likely N-dealkylation sites (tertiary alicyclic amines) is 2. The van der Waals surface area contributed by atoms with Crippen molar-refractivity contribution in [3.05, 3.63) is 71.5 Å². The molecular weight excluding hydrogens is 367 g/mol. The first kappa shape index (κ1) is 19.6. The second kappa shape index (κ2) is 7.62. The molecule has 0 bridgehead atoms. The number of rotatable bonds is 4. The number of carbonyl (C=O) groups excluding carboxylic acids is 2. The Hall–Kier alpha value is -2.69. The number of amides is 2. The number of carbonyl (C=O) groups is 2. The number of β-lactam (4-membered cyclic amide) rings is 1. The molecule has 2 aromatic rings. The predicted octanol–water partition coefficient (Wildman–Crippen LogP) is 3.97. The summed E-state index contributed by atoms with van der Waals surface area (Å²) in [4.78, 5) is 29.7. The van der Waals surface area contributed by atoms with Gasteiger partial charge < -0.3 is 9.80 Å². The lowest BCUT2D eigenvalue weighted by Crippen LogP contribution is -2.68. The Morgan fingerprint density at radius 2 is 1.79 bits per heavy atom. The van der Waals surface area contributed by atoms with E-state index >= 15 is 0 Å². The number of hydrogen-bond acceptors (Lipinski definition) is 2. The largest absolute Gasteiger partial charge is 0.342 e. The summed E-state index contributed by atoms with van der Waals surface area (Å²) in [5.41, 5.74) is 1.44. The molecule has 2 aliphatic rings. The summed E-state index contributed by atoms with van der Waals surface area (Å²) < 4.78 is 13.4. The van der Waals surface area contributed by atoms with Crippen LogP contribution in [0.2, 0.25) is 0 Å². The van der Waals surface area contributed by atoms with Crippen LogP contribution >= 0.6 is 0 Å². The third kappa shape index (κ3) is 3.43. The molecule has 0 radical (unpaired) electrons. The third-order valence-electron chi connectivity index (χ3n) is 6.39. The van der Waals surface area contributed by atoms with Crippen molar-refractivity contribution < 1.29 is 14.0 Å². The van der Waals surface area contributed by atoms with Gasteiger partial charge in [0.1, 0.15) is 5.82 Å². The summed E-state index contributed by atoms with van der Waals surface area (Å²) in [5, 5.41) is 0. The van der Waals surface area contributed by atoms with E-state index in [0.717, 1.165) is 0 Å². The first-order valence-electron chi connectivity index (χ1n) is 10.3. The highest BCUT2D eigenvalue weighted by molar-refractivity contribution is 5.91. The van der Waals surface area contributed by atoms with Gasteiger partial charge in [0.05, 0.1) is 17.9 Å². The maximum absolute atomic E-state index is 13.4. The highest BCUT2D eigenvalue weighted by atomic mass is 19.1. The summed E-state index contributed by atoms with van der Waals surface area (Å²) in [7, 11) is 0. The van der Waals surface area contributed by atoms with Gasteiger partial charge in [0.2, 0.25) is 11.8 Å². The van der Waals surface area contributed by atoms with Crippen molar-refractivity contribution in [2.45, 2.75) is 45.2 Å². The van der Waals surface area contributed by atoms with Gasteiger partial charge in [-0.15, -0.1) is 0 Å². The molecule has 2 amide bonds. The van der Waals surface area contributed by atoms with E-state index in [0.29, 0.717) is 31.5 Å². The molecule has 0 saturated carbocycles. The molecule has 0 aliphatic carbocycles. The monoisotopic (exact) mass is 394 g/mol. The third-order valence-corrected chi connectivity index (χ3v) is 6.39. The SMILES string of the molecule is CC(C)N1C(=O)C2(CCN(C(=O)Cc3cccc(F)c3)CC2)C1c1ccccc1. The molecule has 2 aliphatic heterocycles. The highest BCUT2D eigenvalue weighted by Crippen LogP contribution is 2.56. The van der Waals surface area contributed by atoms with E-state index in [1.807, 2.05) is 28.0 Å². The van der Waals surface area contributed by atoms with Gasteiger partial charge in [-0.1, -0.05) is 42.5 Å². The van der Waals surface area contributed by atoms with Crippen LogP contribution in [0.15, 0.2) is 54.6 Å². The minimum atomic E-state index is -0.415. The number of halogens is 1. The van der Waals surface area contributed by atoms with E-state index < -0.39 is 5.41 Å². The van der Waals surface area contributed by atoms with Crippen LogP contribution in [0.4, 0.5) is 4.39 Å². The number of hydrogen-bond donors (Lipinski definition) is 0. The quantitative estimate of drug-likeness (QED) is 0.737. The van der Waals surface area contributed by atoms with E-state index in [4.69, 9.17) is 0 Å². The van der Waals surface area contributed by atoms with Crippen LogP contribution in [-0.2, 0) is 16.0 Å². The lowest BCUT2D eigenvalue weighted by atomic mass is 9.61. The van der Waals surface area contributed by atoms with E-state index in [9.17, 15) is 14.0 Å². The molecule has 29 heavy (non-hydrogen) atoms. The molecule has 0 aromatic heterocycles. The molecule has 1 spiro atoms. The minimum absolute atomic E-state index is 0.00537. The normalized spacial score (nSPS) is 20.8. The fraction of sp³-hybridized carbons (Fsp3) is 0.417. The summed E-state index contributed by atoms with van der Waals surface area (Å²) in [6, 6.07) is 16.6. The second-order valence-electron chi connectivity index (χ2n) is 8.46. The Kier molecular flexibility index (Phi) is 5.15. The minimum Gasteiger partial charge on any atom is -0.342 e. The Labute approximate surface area is 171 Å². The van der Waals surface area contributed by atoms with Crippen molar-refractivity contribution in [3.8, 4) is 0 Å². The molecule has 2 heterocycles. The van der Waals surface area contributed by atoms with Gasteiger partial charge in [-0.2, -0.15) is 0 Å². The van der Waals surface area contributed by atoms with Gasteiger partial charge in [0.15, 0.2) is 0 Å². The summed E-state index contributed by atoms with van der Waals surface area (Å²) in [5.74, 6) is -0.125. The van der Waals surface area contributed by atoms with Crippen LogP contribution in [-0.4, -0.2) is 40.7 Å². The van der Waals surface area contributed by atoms with Gasteiger partial charge in [0, 0.05) is 19.1 Å². The number of piperidine rings is 1. The Morgan fingerprint density at radius 3 is 2.41 bits per heavy atom. The maximum Gasteiger partial charge on any atom is 0.232 e. The standard InChI is InChI=1S/C24H27FN2O2/c1-17(2)27-22(19-8-4-3-5-9-19)24(23(27)29)11-13-26(14-12-24)21(28)16-18-7-6-10-20(25)15-18/h3-10,15,17,22H,11-14,16H2,1-2H3. The summed E-state index contributed by atoms with van der Waals surface area (Å²) in [6.45, 7) is 5.24. The van der Waals surface area contributed by atoms with Gasteiger partial charge in [-0.05, 0) is 49.9 Å². The van der Waals surface area contributed by atoms with E-state index in [-0.39, 0.29) is 36.1 Å². The first-order chi connectivity index (χ1) is 13.9. The topological polar surface area (TPSA) is 40.6 Å². The molecule has 1 atom stereocenters. The molecule has 5 heteroatoms. The number of nitrogens with zero attached hydrogens (tertiary/aromatic N) is 2.